The van der Waals surface area contributed by atoms with E-state index in [1.54, 1.807) is 13.2 Å². The Morgan fingerprint density at radius 2 is 1.85 bits per heavy atom. The van der Waals surface area contributed by atoms with Crippen LogP contribution in [0.4, 0.5) is 19.7 Å². The maximum atomic E-state index is 14.3. The first-order chi connectivity index (χ1) is 19.3. The highest BCUT2D eigenvalue weighted by Crippen LogP contribution is 2.40. The molecule has 0 saturated carbocycles. The van der Waals surface area contributed by atoms with Crippen LogP contribution in [0.15, 0.2) is 18.2 Å². The molecular weight excluding hydrogens is 538 g/mol. The molecule has 0 aliphatic carbocycles. The van der Waals surface area contributed by atoms with Gasteiger partial charge in [0.1, 0.15) is 17.5 Å². The SMILES string of the molecule is CCC1CC(F)CN1C.COc1nc(N2CCNCC2)c2nc(OC)c(-c3ccc(F)c4sc(N)nc34)cc2n1. The van der Waals surface area contributed by atoms with Crippen molar-refractivity contribution in [2.75, 3.05) is 64.6 Å². The van der Waals surface area contributed by atoms with Crippen molar-refractivity contribution in [3.8, 4) is 23.0 Å². The standard InChI is InChI=1S/C20H20FN7O2S.C7H14FN/c1-29-18-11(10-3-4-12(21)16-14(10)26-19(22)31-16)9-13-15(25-18)17(27-20(24-13)30-2)28-7-5-23-6-8-28;1-3-7-4-6(8)5-9(7)2/h3-4,9,23H,5-8H2,1-2H3,(H2,22,26);6-7H,3-5H2,1-2H3. The minimum absolute atomic E-state index is 0.251. The Balaban J connectivity index is 0.000000306. The number of aromatic nitrogens is 4. The molecule has 0 radical (unpaired) electrons. The van der Waals surface area contributed by atoms with Gasteiger partial charge in [-0.2, -0.15) is 9.97 Å². The van der Waals surface area contributed by atoms with Crippen LogP contribution in [-0.2, 0) is 0 Å². The number of fused-ring (bicyclic) bond motifs is 2. The summed E-state index contributed by atoms with van der Waals surface area (Å²) in [5.41, 5.74) is 8.82. The number of halogens is 2. The fourth-order valence-corrected chi connectivity index (χ4v) is 6.01. The molecule has 214 valence electrons. The van der Waals surface area contributed by atoms with Crippen LogP contribution in [0.5, 0.6) is 11.9 Å². The monoisotopic (exact) mass is 572 g/mol. The van der Waals surface area contributed by atoms with Gasteiger partial charge in [0.15, 0.2) is 10.9 Å². The largest absolute Gasteiger partial charge is 0.481 e. The topological polar surface area (TPSA) is 115 Å². The number of thiazole rings is 1. The van der Waals surface area contributed by atoms with E-state index in [0.717, 1.165) is 50.4 Å². The highest BCUT2D eigenvalue weighted by atomic mass is 32.1. The number of ether oxygens (including phenoxy) is 2. The number of nitrogen functional groups attached to an aromatic ring is 1. The molecule has 6 rings (SSSR count). The lowest BCUT2D eigenvalue weighted by Crippen LogP contribution is -2.44. The van der Waals surface area contributed by atoms with Crippen molar-refractivity contribution in [1.29, 1.82) is 0 Å². The van der Waals surface area contributed by atoms with Crippen molar-refractivity contribution >= 4 is 43.5 Å². The highest BCUT2D eigenvalue weighted by molar-refractivity contribution is 7.22. The van der Waals surface area contributed by atoms with E-state index < -0.39 is 6.17 Å². The van der Waals surface area contributed by atoms with E-state index in [4.69, 9.17) is 20.2 Å². The van der Waals surface area contributed by atoms with E-state index in [0.29, 0.717) is 61.8 Å². The van der Waals surface area contributed by atoms with Gasteiger partial charge in [0.05, 0.1) is 30.0 Å². The third-order valence-electron chi connectivity index (χ3n) is 7.30. The van der Waals surface area contributed by atoms with Crippen LogP contribution >= 0.6 is 11.3 Å². The fourth-order valence-electron chi connectivity index (χ4n) is 5.24. The lowest BCUT2D eigenvalue weighted by atomic mass is 10.0. The second-order valence-electron chi connectivity index (χ2n) is 9.84. The molecule has 3 aromatic heterocycles. The number of hydrogen-bond donors (Lipinski definition) is 2. The van der Waals surface area contributed by atoms with Gasteiger partial charge in [-0.05, 0) is 38.1 Å². The van der Waals surface area contributed by atoms with Crippen LogP contribution in [-0.4, -0.2) is 91.0 Å². The van der Waals surface area contributed by atoms with Crippen LogP contribution in [0.1, 0.15) is 19.8 Å². The van der Waals surface area contributed by atoms with Crippen LogP contribution in [0.2, 0.25) is 0 Å². The first-order valence-electron chi connectivity index (χ1n) is 13.3. The predicted octanol–water partition coefficient (Wildman–Crippen LogP) is 3.89. The van der Waals surface area contributed by atoms with E-state index in [9.17, 15) is 8.78 Å². The van der Waals surface area contributed by atoms with E-state index in [1.807, 2.05) is 13.1 Å². The molecule has 2 fully saturated rings. The number of nitrogens with two attached hydrogens (primary N) is 1. The van der Waals surface area contributed by atoms with Gasteiger partial charge < -0.3 is 30.3 Å². The Bertz CT molecular complexity index is 1500. The second-order valence-corrected chi connectivity index (χ2v) is 10.9. The number of nitrogens with zero attached hydrogens (tertiary/aromatic N) is 6. The average molecular weight is 573 g/mol. The molecule has 2 saturated heterocycles. The molecule has 13 heteroatoms. The smallest absolute Gasteiger partial charge is 0.318 e. The Kier molecular flexibility index (Phi) is 8.43. The maximum absolute atomic E-state index is 14.3. The van der Waals surface area contributed by atoms with Gasteiger partial charge in [0.2, 0.25) is 5.88 Å². The number of alkyl halides is 1. The Morgan fingerprint density at radius 1 is 1.07 bits per heavy atom. The summed E-state index contributed by atoms with van der Waals surface area (Å²) in [5.74, 6) is 0.693. The third kappa shape index (κ3) is 5.58. The summed E-state index contributed by atoms with van der Waals surface area (Å²) in [6.45, 7) is 6.02. The maximum Gasteiger partial charge on any atom is 0.318 e. The molecule has 5 heterocycles. The summed E-state index contributed by atoms with van der Waals surface area (Å²) in [5, 5.41) is 3.62. The number of pyridine rings is 1. The summed E-state index contributed by atoms with van der Waals surface area (Å²) >= 11 is 1.10. The Labute approximate surface area is 235 Å². The number of likely N-dealkylation sites (tertiary alicyclic amines) is 1. The average Bonchev–Trinajstić information content (AvgIpc) is 3.53. The molecule has 2 aliphatic rings. The molecule has 4 aromatic rings. The van der Waals surface area contributed by atoms with Crippen molar-refractivity contribution in [2.24, 2.45) is 0 Å². The number of piperazine rings is 1. The molecule has 0 spiro atoms. The number of hydrogen-bond acceptors (Lipinski definition) is 11. The number of rotatable bonds is 5. The van der Waals surface area contributed by atoms with Crippen molar-refractivity contribution < 1.29 is 18.3 Å². The lowest BCUT2D eigenvalue weighted by Gasteiger charge is -2.29. The van der Waals surface area contributed by atoms with Gasteiger partial charge in [-0.1, -0.05) is 18.3 Å². The molecule has 0 bridgehead atoms. The molecule has 2 atom stereocenters. The normalized spacial score (nSPS) is 19.6. The van der Waals surface area contributed by atoms with Gasteiger partial charge in [-0.15, -0.1) is 0 Å². The summed E-state index contributed by atoms with van der Waals surface area (Å²) in [6, 6.07) is 5.64. The number of benzene rings is 1. The van der Waals surface area contributed by atoms with Crippen molar-refractivity contribution in [3.63, 3.8) is 0 Å². The zero-order valence-electron chi connectivity index (χ0n) is 23.1. The summed E-state index contributed by atoms with van der Waals surface area (Å²) < 4.78 is 38.2. The predicted molar refractivity (Wildman–Crippen MR) is 155 cm³/mol. The van der Waals surface area contributed by atoms with Crippen molar-refractivity contribution in [1.82, 2.24) is 30.2 Å². The Hall–Kier alpha value is -3.42. The van der Waals surface area contributed by atoms with Gasteiger partial charge in [-0.25, -0.2) is 18.7 Å². The molecular formula is C27H34F2N8O2S. The third-order valence-corrected chi connectivity index (χ3v) is 8.19. The second kappa shape index (κ2) is 12.0. The first kappa shape index (κ1) is 28.1. The summed E-state index contributed by atoms with van der Waals surface area (Å²) in [6.07, 6.45) is 1.25. The van der Waals surface area contributed by atoms with E-state index >= 15 is 0 Å². The Morgan fingerprint density at radius 3 is 2.48 bits per heavy atom. The highest BCUT2D eigenvalue weighted by Gasteiger charge is 2.27. The van der Waals surface area contributed by atoms with Gasteiger partial charge in [-0.3, -0.25) is 0 Å². The lowest BCUT2D eigenvalue weighted by molar-refractivity contribution is 0.290. The minimum atomic E-state index is -0.569. The zero-order chi connectivity index (χ0) is 28.4. The molecule has 3 N–H and O–H groups in total. The first-order valence-corrected chi connectivity index (χ1v) is 14.1. The minimum Gasteiger partial charge on any atom is -0.481 e. The van der Waals surface area contributed by atoms with Gasteiger partial charge in [0, 0.05) is 49.9 Å². The van der Waals surface area contributed by atoms with Gasteiger partial charge in [0.25, 0.3) is 0 Å². The number of anilines is 2. The zero-order valence-corrected chi connectivity index (χ0v) is 23.9. The number of nitrogens with one attached hydrogen (secondary N) is 1. The quantitative estimate of drug-likeness (QED) is 0.365. The van der Waals surface area contributed by atoms with E-state index in [2.05, 4.69) is 37.0 Å². The fraction of sp³-hybridized carbons (Fsp3) is 0.481. The molecule has 2 unspecified atom stereocenters. The van der Waals surface area contributed by atoms with E-state index in [-0.39, 0.29) is 11.8 Å². The van der Waals surface area contributed by atoms with Crippen LogP contribution in [0, 0.1) is 5.82 Å². The molecule has 0 amide bonds. The number of methoxy groups -OCH3 is 2. The van der Waals surface area contributed by atoms with Crippen molar-refractivity contribution in [2.45, 2.75) is 32.0 Å². The van der Waals surface area contributed by atoms with Crippen LogP contribution in [0.25, 0.3) is 32.4 Å². The molecule has 10 nitrogen and oxygen atoms in total. The molecule has 40 heavy (non-hydrogen) atoms. The van der Waals surface area contributed by atoms with Crippen molar-refractivity contribution in [3.05, 3.63) is 24.0 Å². The van der Waals surface area contributed by atoms with Gasteiger partial charge >= 0.3 is 6.01 Å². The molecule has 2 aliphatic heterocycles. The van der Waals surface area contributed by atoms with Crippen LogP contribution in [0.3, 0.4) is 0 Å². The summed E-state index contributed by atoms with van der Waals surface area (Å²) in [7, 11) is 5.07. The summed E-state index contributed by atoms with van der Waals surface area (Å²) in [4.78, 5) is 22.4. The molecule has 1 aromatic carbocycles. The van der Waals surface area contributed by atoms with E-state index in [1.165, 1.54) is 13.2 Å². The van der Waals surface area contributed by atoms with Crippen LogP contribution < -0.4 is 25.4 Å².